The lowest BCUT2D eigenvalue weighted by atomic mass is 10.3. The van der Waals surface area contributed by atoms with Crippen molar-refractivity contribution in [3.8, 4) is 5.75 Å². The van der Waals surface area contributed by atoms with Crippen LogP contribution in [0, 0.1) is 3.57 Å². The molecule has 88 valence electrons. The average molecular weight is 343 g/mol. The Kier molecular flexibility index (Phi) is 3.32. The van der Waals surface area contributed by atoms with Gasteiger partial charge in [-0.25, -0.2) is 0 Å². The van der Waals surface area contributed by atoms with Gasteiger partial charge < -0.3 is 10.4 Å². The van der Waals surface area contributed by atoms with E-state index in [9.17, 15) is 9.90 Å². The monoisotopic (exact) mass is 343 g/mol. The number of halogens is 1. The number of para-hydroxylation sites is 2. The second-order valence-electron chi connectivity index (χ2n) is 3.44. The molecule has 0 fully saturated rings. The molecule has 0 aliphatic rings. The second kappa shape index (κ2) is 4.74. The number of rotatable bonds is 2. The van der Waals surface area contributed by atoms with E-state index < -0.39 is 0 Å². The number of nitrogens with one attached hydrogen (secondary N) is 1. The predicted molar refractivity (Wildman–Crippen MR) is 72.0 cm³/mol. The number of phenolic OH excluding ortho intramolecular Hbond substituents is 1. The molecule has 0 bridgehead atoms. The lowest BCUT2D eigenvalue weighted by Crippen LogP contribution is -2.17. The van der Waals surface area contributed by atoms with Crippen molar-refractivity contribution < 1.29 is 9.90 Å². The minimum absolute atomic E-state index is 0.0398. The van der Waals surface area contributed by atoms with Crippen molar-refractivity contribution in [3.63, 3.8) is 0 Å². The van der Waals surface area contributed by atoms with Gasteiger partial charge in [-0.3, -0.25) is 9.48 Å². The third-order valence-electron chi connectivity index (χ3n) is 2.26. The first kappa shape index (κ1) is 11.9. The smallest absolute Gasteiger partial charge is 0.275 e. The number of nitrogens with zero attached hydrogens (tertiary/aromatic N) is 2. The topological polar surface area (TPSA) is 67.2 Å². The minimum atomic E-state index is -0.295. The standard InChI is InChI=1S/C11H10IN3O2/c1-15-10(7(12)6-13-15)11(17)14-8-4-2-3-5-9(8)16/h2-6,16H,1H3,(H,14,17). The fraction of sp³-hybridized carbons (Fsp3) is 0.0909. The van der Waals surface area contributed by atoms with Gasteiger partial charge in [-0.05, 0) is 34.7 Å². The third kappa shape index (κ3) is 2.41. The van der Waals surface area contributed by atoms with Crippen molar-refractivity contribution in [1.82, 2.24) is 9.78 Å². The molecule has 0 unspecified atom stereocenters. The van der Waals surface area contributed by atoms with Crippen LogP contribution in [0.4, 0.5) is 5.69 Å². The van der Waals surface area contributed by atoms with Crippen LogP contribution in [0.2, 0.25) is 0 Å². The van der Waals surface area contributed by atoms with Crippen molar-refractivity contribution >= 4 is 34.2 Å². The molecule has 0 spiro atoms. The van der Waals surface area contributed by atoms with Crippen LogP contribution in [0.3, 0.4) is 0 Å². The maximum atomic E-state index is 12.0. The van der Waals surface area contributed by atoms with Gasteiger partial charge in [0.2, 0.25) is 0 Å². The fourth-order valence-electron chi connectivity index (χ4n) is 1.43. The largest absolute Gasteiger partial charge is 0.506 e. The van der Waals surface area contributed by atoms with Crippen LogP contribution in [0.15, 0.2) is 30.5 Å². The number of aryl methyl sites for hydroxylation is 1. The summed E-state index contributed by atoms with van der Waals surface area (Å²) in [5.74, 6) is -0.256. The number of phenols is 1. The highest BCUT2D eigenvalue weighted by atomic mass is 127. The zero-order valence-corrected chi connectivity index (χ0v) is 11.2. The van der Waals surface area contributed by atoms with Gasteiger partial charge in [0.05, 0.1) is 15.5 Å². The predicted octanol–water partition coefficient (Wildman–Crippen LogP) is 1.98. The Bertz CT molecular complexity index is 546. The highest BCUT2D eigenvalue weighted by Gasteiger charge is 2.16. The van der Waals surface area contributed by atoms with E-state index in [4.69, 9.17) is 0 Å². The van der Waals surface area contributed by atoms with Crippen LogP contribution < -0.4 is 5.32 Å². The van der Waals surface area contributed by atoms with E-state index in [1.807, 2.05) is 22.6 Å². The molecule has 2 aromatic rings. The summed E-state index contributed by atoms with van der Waals surface area (Å²) in [6.07, 6.45) is 1.61. The van der Waals surface area contributed by atoms with Gasteiger partial charge in [0, 0.05) is 7.05 Å². The molecule has 0 saturated heterocycles. The number of hydrogen-bond acceptors (Lipinski definition) is 3. The minimum Gasteiger partial charge on any atom is -0.506 e. The SMILES string of the molecule is Cn1ncc(I)c1C(=O)Nc1ccccc1O. The summed E-state index contributed by atoms with van der Waals surface area (Å²) in [5, 5.41) is 16.2. The summed E-state index contributed by atoms with van der Waals surface area (Å²) >= 11 is 2.04. The normalized spacial score (nSPS) is 10.2. The van der Waals surface area contributed by atoms with Crippen molar-refractivity contribution in [2.75, 3.05) is 5.32 Å². The number of amides is 1. The summed E-state index contributed by atoms with van der Waals surface area (Å²) in [4.78, 5) is 12.0. The summed E-state index contributed by atoms with van der Waals surface area (Å²) in [6.45, 7) is 0. The van der Waals surface area contributed by atoms with Gasteiger partial charge in [0.15, 0.2) is 0 Å². The molecule has 0 atom stereocenters. The summed E-state index contributed by atoms with van der Waals surface area (Å²) < 4.78 is 2.26. The lowest BCUT2D eigenvalue weighted by Gasteiger charge is -2.07. The van der Waals surface area contributed by atoms with Gasteiger partial charge in [-0.1, -0.05) is 12.1 Å². The van der Waals surface area contributed by atoms with E-state index in [1.165, 1.54) is 10.7 Å². The summed E-state index contributed by atoms with van der Waals surface area (Å²) in [6, 6.07) is 6.59. The third-order valence-corrected chi connectivity index (χ3v) is 3.05. The Labute approximate surface area is 112 Å². The van der Waals surface area contributed by atoms with E-state index in [0.717, 1.165) is 3.57 Å². The average Bonchev–Trinajstić information content (AvgIpc) is 2.62. The number of aromatic hydroxyl groups is 1. The van der Waals surface area contributed by atoms with Gasteiger partial charge in [0.1, 0.15) is 11.4 Å². The first-order chi connectivity index (χ1) is 8.09. The number of anilines is 1. The Morgan fingerprint density at radius 3 is 2.76 bits per heavy atom. The highest BCUT2D eigenvalue weighted by Crippen LogP contribution is 2.22. The Morgan fingerprint density at radius 2 is 2.18 bits per heavy atom. The zero-order chi connectivity index (χ0) is 12.4. The molecule has 2 rings (SSSR count). The second-order valence-corrected chi connectivity index (χ2v) is 4.60. The molecular formula is C11H10IN3O2. The van der Waals surface area contributed by atoms with Crippen molar-refractivity contribution in [2.24, 2.45) is 7.05 Å². The van der Waals surface area contributed by atoms with Crippen LogP contribution in [0.25, 0.3) is 0 Å². The first-order valence-corrected chi connectivity index (χ1v) is 5.94. The molecule has 0 radical (unpaired) electrons. The molecule has 6 heteroatoms. The van der Waals surface area contributed by atoms with Crippen molar-refractivity contribution in [3.05, 3.63) is 39.7 Å². The van der Waals surface area contributed by atoms with E-state index in [-0.39, 0.29) is 11.7 Å². The molecule has 1 amide bonds. The van der Waals surface area contributed by atoms with Gasteiger partial charge in [-0.15, -0.1) is 0 Å². The molecule has 1 aromatic carbocycles. The summed E-state index contributed by atoms with van der Waals surface area (Å²) in [5.41, 5.74) is 0.850. The maximum Gasteiger partial charge on any atom is 0.275 e. The van der Waals surface area contributed by atoms with E-state index >= 15 is 0 Å². The zero-order valence-electron chi connectivity index (χ0n) is 9.01. The molecule has 2 N–H and O–H groups in total. The first-order valence-electron chi connectivity index (χ1n) is 4.86. The molecule has 0 aliphatic carbocycles. The number of carbonyl (C=O) groups excluding carboxylic acids is 1. The maximum absolute atomic E-state index is 12.0. The Hall–Kier alpha value is -1.57. The Balaban J connectivity index is 2.27. The van der Waals surface area contributed by atoms with Crippen molar-refractivity contribution in [2.45, 2.75) is 0 Å². The van der Waals surface area contributed by atoms with Crippen LogP contribution in [-0.4, -0.2) is 20.8 Å². The van der Waals surface area contributed by atoms with Crippen LogP contribution in [-0.2, 0) is 7.05 Å². The quantitative estimate of drug-likeness (QED) is 0.647. The van der Waals surface area contributed by atoms with Crippen LogP contribution in [0.5, 0.6) is 5.75 Å². The van der Waals surface area contributed by atoms with Crippen LogP contribution in [0.1, 0.15) is 10.5 Å². The number of aromatic nitrogens is 2. The Morgan fingerprint density at radius 1 is 1.47 bits per heavy atom. The fourth-order valence-corrected chi connectivity index (χ4v) is 2.15. The molecule has 17 heavy (non-hydrogen) atoms. The van der Waals surface area contributed by atoms with Crippen molar-refractivity contribution in [1.29, 1.82) is 0 Å². The van der Waals surface area contributed by atoms with Gasteiger partial charge in [-0.2, -0.15) is 5.10 Å². The number of carbonyl (C=O) groups is 1. The highest BCUT2D eigenvalue weighted by molar-refractivity contribution is 14.1. The lowest BCUT2D eigenvalue weighted by molar-refractivity contribution is 0.101. The molecule has 5 nitrogen and oxygen atoms in total. The van der Waals surface area contributed by atoms with Gasteiger partial charge >= 0.3 is 0 Å². The molecule has 0 saturated carbocycles. The van der Waals surface area contributed by atoms with Crippen LogP contribution >= 0.6 is 22.6 Å². The summed E-state index contributed by atoms with van der Waals surface area (Å²) in [7, 11) is 1.70. The van der Waals surface area contributed by atoms with E-state index in [2.05, 4.69) is 10.4 Å². The molecule has 0 aliphatic heterocycles. The van der Waals surface area contributed by atoms with Gasteiger partial charge in [0.25, 0.3) is 5.91 Å². The molecular weight excluding hydrogens is 333 g/mol. The molecule has 1 heterocycles. The number of hydrogen-bond donors (Lipinski definition) is 2. The van der Waals surface area contributed by atoms with E-state index in [1.54, 1.807) is 31.4 Å². The van der Waals surface area contributed by atoms with E-state index in [0.29, 0.717) is 11.4 Å². The molecule has 1 aromatic heterocycles. The number of benzene rings is 1.